The first-order valence-corrected chi connectivity index (χ1v) is 13.1. The number of para-hydroxylation sites is 1. The minimum atomic E-state index is -2.17. The molecule has 15 heteroatoms. The molecule has 1 fully saturated rings. The topological polar surface area (TPSA) is 130 Å². The van der Waals surface area contributed by atoms with Crippen molar-refractivity contribution in [3.8, 4) is 5.75 Å². The van der Waals surface area contributed by atoms with Crippen LogP contribution in [0.2, 0.25) is 0 Å². The van der Waals surface area contributed by atoms with Crippen molar-refractivity contribution in [3.05, 3.63) is 54.9 Å². The molecule has 3 aliphatic heterocycles. The van der Waals surface area contributed by atoms with E-state index in [1.807, 2.05) is 19.1 Å². The van der Waals surface area contributed by atoms with Gasteiger partial charge < -0.3 is 30.7 Å². The van der Waals surface area contributed by atoms with Crippen molar-refractivity contribution in [2.75, 3.05) is 25.0 Å². The largest absolute Gasteiger partial charge is 0.513 e. The Kier molecular flexibility index (Phi) is 11.9. The van der Waals surface area contributed by atoms with Crippen LogP contribution in [0.25, 0.3) is 0 Å². The van der Waals surface area contributed by atoms with Gasteiger partial charge in [0, 0.05) is 6.54 Å². The van der Waals surface area contributed by atoms with Crippen LogP contribution in [0.5, 0.6) is 5.75 Å². The average molecular weight is 617 g/mol. The van der Waals surface area contributed by atoms with Crippen LogP contribution in [0, 0.1) is 0 Å². The number of nitrogens with zero attached hydrogens (tertiary/aromatic N) is 2. The van der Waals surface area contributed by atoms with E-state index in [1.54, 1.807) is 35.2 Å². The number of hydrogen-bond donors (Lipinski definition) is 4. The third kappa shape index (κ3) is 8.20. The first-order valence-electron chi connectivity index (χ1n) is 10.9. The van der Waals surface area contributed by atoms with Gasteiger partial charge in [0.1, 0.15) is 18.4 Å². The third-order valence-electron chi connectivity index (χ3n) is 4.99. The summed E-state index contributed by atoms with van der Waals surface area (Å²) in [6.45, 7) is 6.90. The van der Waals surface area contributed by atoms with Gasteiger partial charge in [-0.2, -0.15) is 0 Å². The molecular weight excluding hydrogens is 590 g/mol. The molecule has 0 aromatic heterocycles. The summed E-state index contributed by atoms with van der Waals surface area (Å²) in [6, 6.07) is 7.57. The fraction of sp³-hybridized carbons (Fsp3) is 0.409. The fourth-order valence-corrected chi connectivity index (χ4v) is 3.88. The molecule has 5 N–H and O–H groups in total. The van der Waals surface area contributed by atoms with Crippen molar-refractivity contribution in [1.82, 2.24) is 20.9 Å². The molecule has 3 atom stereocenters. The standard InChI is InChI=1S/C19H18Cl3N5O4.C2H7N.CH2Cl2/c1-11-23-14-13(10-30-17(29)31-12-6-3-2-4-7-12)24-16(25-15(28)19(20,21)22)27-9-5-8-18(14,27)26-11;1-2-3;2-1-3/h2-8,13-14,23,26H,1,9-10H2,(H,24,25,28);2-3H2,1H3;1H2/t13-,14-,18+;;/m0../s1. The summed E-state index contributed by atoms with van der Waals surface area (Å²) in [5, 5.41) is 9.21. The number of nitrogens with two attached hydrogens (primary N) is 1. The lowest BCUT2D eigenvalue weighted by atomic mass is 9.93. The smallest absolute Gasteiger partial charge is 0.432 e. The number of amides is 1. The zero-order chi connectivity index (χ0) is 27.6. The lowest BCUT2D eigenvalue weighted by Gasteiger charge is -2.45. The summed E-state index contributed by atoms with van der Waals surface area (Å²) < 4.78 is 8.27. The minimum absolute atomic E-state index is 0.130. The van der Waals surface area contributed by atoms with Crippen molar-refractivity contribution in [1.29, 1.82) is 0 Å². The molecule has 1 spiro atoms. The first kappa shape index (κ1) is 31.1. The molecular formula is C22H27Cl5N6O4. The Labute approximate surface area is 240 Å². The van der Waals surface area contributed by atoms with Crippen LogP contribution in [0.15, 0.2) is 59.9 Å². The summed E-state index contributed by atoms with van der Waals surface area (Å²) in [4.78, 5) is 30.7. The summed E-state index contributed by atoms with van der Waals surface area (Å²) in [5.41, 5.74) is 4.06. The highest BCUT2D eigenvalue weighted by Gasteiger charge is 2.56. The van der Waals surface area contributed by atoms with E-state index >= 15 is 0 Å². The minimum Gasteiger partial charge on any atom is -0.432 e. The van der Waals surface area contributed by atoms with E-state index in [4.69, 9.17) is 73.2 Å². The molecule has 0 radical (unpaired) electrons. The number of benzene rings is 1. The molecule has 37 heavy (non-hydrogen) atoms. The monoisotopic (exact) mass is 614 g/mol. The highest BCUT2D eigenvalue weighted by atomic mass is 35.6. The summed E-state index contributed by atoms with van der Waals surface area (Å²) in [5.74, 6) is 0.226. The molecule has 0 bridgehead atoms. The lowest BCUT2D eigenvalue weighted by molar-refractivity contribution is -0.119. The number of nitrogens with one attached hydrogen (secondary N) is 3. The van der Waals surface area contributed by atoms with Crippen LogP contribution >= 0.6 is 58.0 Å². The van der Waals surface area contributed by atoms with Gasteiger partial charge in [-0.25, -0.2) is 9.79 Å². The Hall–Kier alpha value is -2.08. The van der Waals surface area contributed by atoms with Crippen LogP contribution in [0.1, 0.15) is 6.92 Å². The van der Waals surface area contributed by atoms with Crippen LogP contribution in [-0.4, -0.2) is 69.5 Å². The first-order chi connectivity index (χ1) is 17.5. The van der Waals surface area contributed by atoms with Crippen molar-refractivity contribution in [2.45, 2.75) is 28.5 Å². The van der Waals surface area contributed by atoms with E-state index in [0.29, 0.717) is 18.1 Å². The van der Waals surface area contributed by atoms with Crippen LogP contribution < -0.4 is 26.4 Å². The number of alkyl halides is 5. The van der Waals surface area contributed by atoms with E-state index < -0.39 is 27.6 Å². The van der Waals surface area contributed by atoms with Crippen molar-refractivity contribution in [2.24, 2.45) is 10.7 Å². The fourth-order valence-electron chi connectivity index (χ4n) is 3.74. The second kappa shape index (κ2) is 14.2. The maximum Gasteiger partial charge on any atom is 0.513 e. The van der Waals surface area contributed by atoms with Gasteiger partial charge in [0.15, 0.2) is 5.66 Å². The van der Waals surface area contributed by atoms with E-state index in [1.165, 1.54) is 0 Å². The van der Waals surface area contributed by atoms with Gasteiger partial charge in [-0.1, -0.05) is 72.6 Å². The van der Waals surface area contributed by atoms with Crippen molar-refractivity contribution >= 4 is 76.0 Å². The molecule has 3 heterocycles. The van der Waals surface area contributed by atoms with Gasteiger partial charge >= 0.3 is 6.16 Å². The maximum absolute atomic E-state index is 12.3. The number of ether oxygens (including phenoxy) is 2. The summed E-state index contributed by atoms with van der Waals surface area (Å²) in [6.07, 6.45) is 2.95. The van der Waals surface area contributed by atoms with Gasteiger partial charge in [0.05, 0.1) is 17.2 Å². The second-order valence-electron chi connectivity index (χ2n) is 7.52. The SMILES string of the molecule is C=C1N[C@H]2[C@H](COC(=O)Oc3ccccc3)N=C(NC(=O)C(Cl)(Cl)Cl)N3CC=C[C@]23N1.CCN.ClCCl. The molecule has 1 aromatic carbocycles. The maximum atomic E-state index is 12.3. The van der Waals surface area contributed by atoms with Gasteiger partial charge in [0.2, 0.25) is 5.96 Å². The van der Waals surface area contributed by atoms with Gasteiger partial charge in [0.25, 0.3) is 9.70 Å². The number of guanidine groups is 1. The van der Waals surface area contributed by atoms with Gasteiger partial charge in [-0.3, -0.25) is 10.1 Å². The molecule has 204 valence electrons. The molecule has 4 rings (SSSR count). The number of halogens is 5. The molecule has 0 unspecified atom stereocenters. The number of carbonyl (C=O) groups excluding carboxylic acids is 2. The molecule has 1 saturated heterocycles. The summed E-state index contributed by atoms with van der Waals surface area (Å²) in [7, 11) is 0. The zero-order valence-corrected chi connectivity index (χ0v) is 23.5. The molecule has 0 aliphatic carbocycles. The van der Waals surface area contributed by atoms with Crippen LogP contribution in [0.4, 0.5) is 4.79 Å². The Morgan fingerprint density at radius 2 is 1.92 bits per heavy atom. The van der Waals surface area contributed by atoms with E-state index in [-0.39, 0.29) is 23.9 Å². The number of hydrogen-bond acceptors (Lipinski definition) is 9. The highest BCUT2D eigenvalue weighted by Crippen LogP contribution is 2.36. The number of aliphatic imine (C=N–C) groups is 1. The lowest BCUT2D eigenvalue weighted by Crippen LogP contribution is -2.69. The Balaban J connectivity index is 0.000000733. The molecule has 1 aromatic rings. The average Bonchev–Trinajstić information content (AvgIpc) is 3.40. The Morgan fingerprint density at radius 1 is 1.30 bits per heavy atom. The quantitative estimate of drug-likeness (QED) is 0.176. The van der Waals surface area contributed by atoms with Gasteiger partial charge in [-0.15, -0.1) is 23.2 Å². The zero-order valence-electron chi connectivity index (χ0n) is 19.7. The summed E-state index contributed by atoms with van der Waals surface area (Å²) >= 11 is 26.6. The van der Waals surface area contributed by atoms with Crippen LogP contribution in [0.3, 0.4) is 0 Å². The predicted molar refractivity (Wildman–Crippen MR) is 147 cm³/mol. The van der Waals surface area contributed by atoms with E-state index in [2.05, 4.69) is 27.5 Å². The van der Waals surface area contributed by atoms with E-state index in [0.717, 1.165) is 6.54 Å². The molecule has 1 amide bonds. The second-order valence-corrected chi connectivity index (χ2v) is 10.6. The number of rotatable bonds is 3. The third-order valence-corrected chi connectivity index (χ3v) is 5.50. The van der Waals surface area contributed by atoms with E-state index in [9.17, 15) is 9.59 Å². The van der Waals surface area contributed by atoms with Crippen LogP contribution in [-0.2, 0) is 9.53 Å². The number of carbonyl (C=O) groups is 2. The molecule has 0 saturated carbocycles. The Bertz CT molecular complexity index is 1010. The van der Waals surface area contributed by atoms with Gasteiger partial charge in [-0.05, 0) is 24.8 Å². The molecule has 10 nitrogen and oxygen atoms in total. The predicted octanol–water partition coefficient (Wildman–Crippen LogP) is 3.41. The molecule has 3 aliphatic rings. The van der Waals surface area contributed by atoms with Crippen molar-refractivity contribution in [3.63, 3.8) is 0 Å². The normalized spacial score (nSPS) is 22.9. The van der Waals surface area contributed by atoms with Crippen molar-refractivity contribution < 1.29 is 19.1 Å². The highest BCUT2D eigenvalue weighted by molar-refractivity contribution is 6.76. The Morgan fingerprint density at radius 3 is 2.51 bits per heavy atom.